The standard InChI is InChI=1S/C50H80O18/c1-44(2,3)68-43(61)50-17-16-45(4,5)18-25(50)24-10-11-30-46(6)14-13-32(47(7,23-52)29(46)12-15-48(30,8)49(24,9)19-31(50)55)65-42-39(67-41-37(60)35(58)34(57)28(20-51)64-41)38(27(54)22-63-42)66-40-36(59)33(56)26(53)21-62-40/h10,23,25-42,51,53-60H,11-22H2,1-9H3/t25?,26-,27-,28?,29-,30?,31?,32+,33+,34+,35+,36?,37?,38+,39?,40+,41+,42+,46?,47-,48?,49-,50-/m1/s1. The van der Waals surface area contributed by atoms with E-state index in [1.54, 1.807) is 0 Å². The van der Waals surface area contributed by atoms with Crippen molar-refractivity contribution in [2.45, 2.75) is 218 Å². The minimum absolute atomic E-state index is 0.0529. The average Bonchev–Trinajstić information content (AvgIpc) is 3.26. The summed E-state index contributed by atoms with van der Waals surface area (Å²) < 4.78 is 42.6. The molecule has 18 heteroatoms. The van der Waals surface area contributed by atoms with Crippen LogP contribution in [0.25, 0.3) is 0 Å². The topological polar surface area (TPSA) is 281 Å². The Bertz CT molecular complexity index is 1890. The fraction of sp³-hybridized carbons (Fsp3) is 0.920. The van der Waals surface area contributed by atoms with Gasteiger partial charge in [0.05, 0.1) is 37.4 Å². The third-order valence-corrected chi connectivity index (χ3v) is 19.0. The molecule has 388 valence electrons. The van der Waals surface area contributed by atoms with Gasteiger partial charge >= 0.3 is 5.97 Å². The molecular formula is C50H80O18. The fourth-order valence-corrected chi connectivity index (χ4v) is 14.9. The van der Waals surface area contributed by atoms with Gasteiger partial charge in [-0.25, -0.2) is 0 Å². The number of rotatable bonds is 9. The van der Waals surface area contributed by atoms with Crippen molar-refractivity contribution in [3.05, 3.63) is 11.6 Å². The molecule has 0 amide bonds. The lowest BCUT2D eigenvalue weighted by atomic mass is 9.33. The third kappa shape index (κ3) is 8.38. The van der Waals surface area contributed by atoms with Gasteiger partial charge in [-0.15, -0.1) is 0 Å². The van der Waals surface area contributed by atoms with Gasteiger partial charge in [-0.1, -0.05) is 53.2 Å². The highest BCUT2D eigenvalue weighted by molar-refractivity contribution is 5.80. The zero-order valence-electron chi connectivity index (χ0n) is 41.2. The largest absolute Gasteiger partial charge is 0.459 e. The van der Waals surface area contributed by atoms with Crippen molar-refractivity contribution in [2.24, 2.45) is 50.2 Å². The molecule has 4 saturated carbocycles. The number of hydrogen-bond donors (Lipinski definition) is 9. The maximum atomic E-state index is 14.4. The van der Waals surface area contributed by atoms with Crippen LogP contribution < -0.4 is 0 Å². The summed E-state index contributed by atoms with van der Waals surface area (Å²) in [6, 6.07) is 0. The molecule has 68 heavy (non-hydrogen) atoms. The zero-order valence-corrected chi connectivity index (χ0v) is 41.2. The van der Waals surface area contributed by atoms with E-state index in [0.29, 0.717) is 32.1 Å². The molecule has 0 bridgehead atoms. The normalized spacial score (nSPS) is 52.6. The van der Waals surface area contributed by atoms with Gasteiger partial charge in [0, 0.05) is 0 Å². The summed E-state index contributed by atoms with van der Waals surface area (Å²) in [5.74, 6) is -0.641. The molecule has 18 nitrogen and oxygen atoms in total. The van der Waals surface area contributed by atoms with Gasteiger partial charge in [0.25, 0.3) is 0 Å². The second-order valence-corrected chi connectivity index (χ2v) is 24.5. The van der Waals surface area contributed by atoms with E-state index in [-0.39, 0.29) is 34.6 Å². The van der Waals surface area contributed by atoms with E-state index >= 15 is 0 Å². The van der Waals surface area contributed by atoms with Crippen LogP contribution in [0.1, 0.15) is 120 Å². The number of aliphatic hydroxyl groups is 9. The molecule has 5 aliphatic carbocycles. The second-order valence-electron chi connectivity index (χ2n) is 24.5. The number of carbonyl (C=O) groups is 2. The van der Waals surface area contributed by atoms with Crippen molar-refractivity contribution in [3.8, 4) is 0 Å². The Morgan fingerprint density at radius 1 is 0.735 bits per heavy atom. The average molecular weight is 969 g/mol. The first-order chi connectivity index (χ1) is 31.6. The Morgan fingerprint density at radius 2 is 1.38 bits per heavy atom. The van der Waals surface area contributed by atoms with Crippen LogP contribution >= 0.6 is 0 Å². The molecule has 0 aromatic rings. The van der Waals surface area contributed by atoms with Crippen LogP contribution in [0.3, 0.4) is 0 Å². The predicted molar refractivity (Wildman–Crippen MR) is 239 cm³/mol. The molecule has 9 N–H and O–H groups in total. The highest BCUT2D eigenvalue weighted by Gasteiger charge is 2.72. The highest BCUT2D eigenvalue weighted by atomic mass is 16.8. The van der Waals surface area contributed by atoms with E-state index in [4.69, 9.17) is 33.2 Å². The van der Waals surface area contributed by atoms with Crippen molar-refractivity contribution < 1.29 is 88.7 Å². The smallest absolute Gasteiger partial charge is 0.315 e. The van der Waals surface area contributed by atoms with Crippen LogP contribution in [-0.4, -0.2) is 176 Å². The maximum Gasteiger partial charge on any atom is 0.315 e. The van der Waals surface area contributed by atoms with E-state index in [1.165, 1.54) is 5.57 Å². The van der Waals surface area contributed by atoms with Crippen LogP contribution in [0, 0.1) is 50.2 Å². The van der Waals surface area contributed by atoms with Crippen LogP contribution in [0.4, 0.5) is 0 Å². The first-order valence-corrected chi connectivity index (χ1v) is 24.9. The van der Waals surface area contributed by atoms with Crippen LogP contribution in [-0.2, 0) is 42.7 Å². The molecule has 23 atom stereocenters. The summed E-state index contributed by atoms with van der Waals surface area (Å²) in [6.07, 6.45) is -13.7. The number of aliphatic hydroxyl groups excluding tert-OH is 9. The van der Waals surface area contributed by atoms with Crippen molar-refractivity contribution in [1.29, 1.82) is 0 Å². The molecular weight excluding hydrogens is 889 g/mol. The number of fused-ring (bicyclic) bond motifs is 7. The molecule has 9 unspecified atom stereocenters. The van der Waals surface area contributed by atoms with Gasteiger partial charge in [-0.05, 0) is 118 Å². The van der Waals surface area contributed by atoms with E-state index < -0.39 is 139 Å². The van der Waals surface area contributed by atoms with Gasteiger partial charge in [-0.3, -0.25) is 4.79 Å². The lowest BCUT2D eigenvalue weighted by molar-refractivity contribution is -0.384. The Morgan fingerprint density at radius 3 is 2.04 bits per heavy atom. The lowest BCUT2D eigenvalue weighted by Crippen LogP contribution is -2.68. The second kappa shape index (κ2) is 18.3. The van der Waals surface area contributed by atoms with E-state index in [0.717, 1.165) is 32.0 Å². The molecule has 0 radical (unpaired) electrons. The first kappa shape index (κ1) is 52.6. The number of aldehydes is 1. The Labute approximate surface area is 399 Å². The first-order valence-electron chi connectivity index (χ1n) is 24.9. The van der Waals surface area contributed by atoms with Gasteiger partial charge in [0.2, 0.25) is 0 Å². The molecule has 0 aromatic heterocycles. The van der Waals surface area contributed by atoms with Gasteiger partial charge in [-0.2, -0.15) is 0 Å². The van der Waals surface area contributed by atoms with E-state index in [2.05, 4.69) is 40.7 Å². The minimum atomic E-state index is -1.87. The quantitative estimate of drug-likeness (QED) is 0.0683. The summed E-state index contributed by atoms with van der Waals surface area (Å²) in [4.78, 5) is 28.3. The number of hydrogen-bond acceptors (Lipinski definition) is 18. The summed E-state index contributed by atoms with van der Waals surface area (Å²) in [7, 11) is 0. The fourth-order valence-electron chi connectivity index (χ4n) is 14.9. The number of carbonyl (C=O) groups excluding carboxylic acids is 2. The molecule has 8 aliphatic rings. The number of esters is 1. The lowest BCUT2D eigenvalue weighted by Gasteiger charge is -2.71. The van der Waals surface area contributed by atoms with E-state index in [1.807, 2.05) is 27.7 Å². The summed E-state index contributed by atoms with van der Waals surface area (Å²) in [5.41, 5.74) is -2.89. The Balaban J connectivity index is 1.09. The zero-order chi connectivity index (χ0) is 49.9. The molecule has 0 aromatic carbocycles. The third-order valence-electron chi connectivity index (χ3n) is 19.0. The van der Waals surface area contributed by atoms with Crippen molar-refractivity contribution in [2.75, 3.05) is 19.8 Å². The SMILES string of the molecule is CC1(C)CC[C@]2(C(=O)OC(C)(C)C)C(O)C[C@]3(C)C(=CCC4C5(C)CC[C@H](O[C@@H]6OC[C@@H](O)[C@H](O[C@@H]7OC[C@@H](O)[C@H](O)C7O)C6O[C@@H]6OC(CO)[C@H](O)[C@H](O)C6O)[C@](C)(C=O)[C@@H]5CCC43C)C2C1. The maximum absolute atomic E-state index is 14.4. The van der Waals surface area contributed by atoms with E-state index in [9.17, 15) is 55.5 Å². The Kier molecular flexibility index (Phi) is 14.2. The molecule has 0 spiro atoms. The predicted octanol–water partition coefficient (Wildman–Crippen LogP) is 1.39. The Hall–Kier alpha value is -1.72. The number of allylic oxidation sites excluding steroid dienone is 2. The van der Waals surface area contributed by atoms with Crippen molar-refractivity contribution >= 4 is 12.3 Å². The summed E-state index contributed by atoms with van der Waals surface area (Å²) in [5, 5.41) is 97.5. The molecule has 3 heterocycles. The van der Waals surface area contributed by atoms with Crippen LogP contribution in [0.2, 0.25) is 0 Å². The summed E-state index contributed by atoms with van der Waals surface area (Å²) in [6.45, 7) is 17.3. The molecule has 8 rings (SSSR count). The minimum Gasteiger partial charge on any atom is -0.459 e. The number of ether oxygens (including phenoxy) is 7. The molecule has 3 saturated heterocycles. The van der Waals surface area contributed by atoms with Gasteiger partial charge in [0.1, 0.15) is 78.3 Å². The monoisotopic (exact) mass is 969 g/mol. The molecule has 7 fully saturated rings. The van der Waals surface area contributed by atoms with Gasteiger partial charge in [0.15, 0.2) is 18.9 Å². The summed E-state index contributed by atoms with van der Waals surface area (Å²) >= 11 is 0. The highest BCUT2D eigenvalue weighted by Crippen LogP contribution is 2.76. The van der Waals surface area contributed by atoms with Crippen LogP contribution in [0.15, 0.2) is 11.6 Å². The van der Waals surface area contributed by atoms with Gasteiger partial charge < -0.3 is 83.9 Å². The van der Waals surface area contributed by atoms with Crippen molar-refractivity contribution in [1.82, 2.24) is 0 Å². The van der Waals surface area contributed by atoms with Crippen LogP contribution in [0.5, 0.6) is 0 Å². The van der Waals surface area contributed by atoms with Crippen molar-refractivity contribution in [3.63, 3.8) is 0 Å². The molecule has 3 aliphatic heterocycles.